The van der Waals surface area contributed by atoms with Gasteiger partial charge in [0.15, 0.2) is 0 Å². The zero-order chi connectivity index (χ0) is 28.0. The Morgan fingerprint density at radius 2 is 1.19 bits per heavy atom. The number of benzene rings is 6. The summed E-state index contributed by atoms with van der Waals surface area (Å²) in [5.74, 6) is 0. The first-order chi connectivity index (χ1) is 20.8. The van der Waals surface area contributed by atoms with Crippen molar-refractivity contribution in [2.45, 2.75) is 0 Å². The molecule has 8 rings (SSSR count). The van der Waals surface area contributed by atoms with Gasteiger partial charge in [-0.2, -0.15) is 5.10 Å². The molecule has 0 aliphatic carbocycles. The summed E-state index contributed by atoms with van der Waals surface area (Å²) in [6, 6.07) is 50.1. The number of hydrogen-bond donors (Lipinski definition) is 1. The van der Waals surface area contributed by atoms with Crippen LogP contribution in [0.25, 0.3) is 53.1 Å². The SMILES string of the molecule is N=C(/C(=N\n1c2ccccc2c2ccc3c4ccccc4sc3c21)c1ccccc1)c1cccc(-c2ccccc2)c1. The van der Waals surface area contributed by atoms with E-state index in [0.29, 0.717) is 11.4 Å². The molecule has 2 heterocycles. The molecule has 0 fully saturated rings. The van der Waals surface area contributed by atoms with Crippen molar-refractivity contribution in [1.29, 1.82) is 5.41 Å². The molecule has 8 aromatic rings. The lowest BCUT2D eigenvalue weighted by molar-refractivity contribution is 0.974. The number of nitrogens with zero attached hydrogens (tertiary/aromatic N) is 2. The van der Waals surface area contributed by atoms with Crippen molar-refractivity contribution in [3.8, 4) is 11.1 Å². The topological polar surface area (TPSA) is 41.1 Å². The lowest BCUT2D eigenvalue weighted by Crippen LogP contribution is -2.17. The number of aromatic nitrogens is 1. The van der Waals surface area contributed by atoms with Crippen LogP contribution >= 0.6 is 11.3 Å². The maximum absolute atomic E-state index is 9.51. The Kier molecular flexibility index (Phi) is 5.80. The minimum absolute atomic E-state index is 0.383. The molecule has 0 bridgehead atoms. The first-order valence-corrected chi connectivity index (χ1v) is 14.8. The summed E-state index contributed by atoms with van der Waals surface area (Å²) in [6.45, 7) is 0. The van der Waals surface area contributed by atoms with E-state index in [2.05, 4.69) is 89.6 Å². The van der Waals surface area contributed by atoms with Gasteiger partial charge in [-0.1, -0.05) is 127 Å². The second-order valence-electron chi connectivity index (χ2n) is 10.4. The van der Waals surface area contributed by atoms with Gasteiger partial charge in [0.1, 0.15) is 5.71 Å². The van der Waals surface area contributed by atoms with E-state index in [4.69, 9.17) is 5.10 Å². The van der Waals surface area contributed by atoms with Gasteiger partial charge >= 0.3 is 0 Å². The van der Waals surface area contributed by atoms with Crippen LogP contribution in [0.4, 0.5) is 0 Å². The van der Waals surface area contributed by atoms with E-state index in [9.17, 15) is 5.41 Å². The Morgan fingerprint density at radius 3 is 2.02 bits per heavy atom. The van der Waals surface area contributed by atoms with E-state index in [1.807, 2.05) is 60.7 Å². The minimum atomic E-state index is 0.383. The molecule has 0 saturated heterocycles. The van der Waals surface area contributed by atoms with Crippen molar-refractivity contribution in [1.82, 2.24) is 4.68 Å². The Labute approximate surface area is 247 Å². The predicted molar refractivity (Wildman–Crippen MR) is 179 cm³/mol. The molecule has 2 aromatic heterocycles. The summed E-state index contributed by atoms with van der Waals surface area (Å²) < 4.78 is 4.54. The number of nitrogens with one attached hydrogen (secondary N) is 1. The van der Waals surface area contributed by atoms with Gasteiger partial charge in [-0.05, 0) is 29.3 Å². The van der Waals surface area contributed by atoms with Crippen LogP contribution in [0, 0.1) is 5.41 Å². The Hall–Kier alpha value is -5.32. The Morgan fingerprint density at radius 1 is 0.548 bits per heavy atom. The first-order valence-electron chi connectivity index (χ1n) is 14.0. The summed E-state index contributed by atoms with van der Waals surface area (Å²) >= 11 is 1.80. The standard InChI is InChI=1S/C38H25N3S/c39-35(28-17-11-16-27(24-28)25-12-3-1-4-13-25)36(26-14-5-2-6-15-26)40-41-33-20-9-7-18-29(33)31-22-23-32-30-19-8-10-21-34(30)42-38(32)37(31)41/h1-24,39H/b39-35?,40-36-. The summed E-state index contributed by atoms with van der Waals surface area (Å²) in [6.07, 6.45) is 0. The van der Waals surface area contributed by atoms with Crippen molar-refractivity contribution in [3.05, 3.63) is 157 Å². The number of para-hydroxylation sites is 1. The average Bonchev–Trinajstić information content (AvgIpc) is 3.60. The molecule has 0 atom stereocenters. The molecule has 6 aromatic carbocycles. The number of thiophene rings is 1. The summed E-state index contributed by atoms with van der Waals surface area (Å²) in [7, 11) is 0. The first kappa shape index (κ1) is 24.5. The van der Waals surface area contributed by atoms with Gasteiger partial charge in [0, 0.05) is 37.4 Å². The van der Waals surface area contributed by atoms with Crippen molar-refractivity contribution in [3.63, 3.8) is 0 Å². The van der Waals surface area contributed by atoms with Gasteiger partial charge in [-0.3, -0.25) is 5.41 Å². The van der Waals surface area contributed by atoms with Crippen LogP contribution in [0.15, 0.2) is 151 Å². The quantitative estimate of drug-likeness (QED) is 0.205. The van der Waals surface area contributed by atoms with E-state index < -0.39 is 0 Å². The molecule has 4 heteroatoms. The molecule has 0 saturated carbocycles. The monoisotopic (exact) mass is 555 g/mol. The highest BCUT2D eigenvalue weighted by Crippen LogP contribution is 2.41. The molecule has 0 aliphatic rings. The largest absolute Gasteiger partial charge is 0.298 e. The maximum atomic E-state index is 9.51. The molecule has 3 nitrogen and oxygen atoms in total. The second-order valence-corrected chi connectivity index (χ2v) is 11.5. The predicted octanol–water partition coefficient (Wildman–Crippen LogP) is 10.1. The summed E-state index contributed by atoms with van der Waals surface area (Å²) in [5, 5.41) is 19.7. The van der Waals surface area contributed by atoms with Gasteiger partial charge in [0.05, 0.1) is 21.4 Å². The number of fused-ring (bicyclic) bond motifs is 7. The molecule has 1 N–H and O–H groups in total. The molecular formula is C38H25N3S. The zero-order valence-electron chi connectivity index (χ0n) is 22.7. The molecule has 0 aliphatic heterocycles. The van der Waals surface area contributed by atoms with Crippen LogP contribution in [0.1, 0.15) is 11.1 Å². The highest BCUT2D eigenvalue weighted by molar-refractivity contribution is 7.26. The molecular weight excluding hydrogens is 531 g/mol. The fraction of sp³-hybridized carbons (Fsp3) is 0. The van der Waals surface area contributed by atoms with Crippen LogP contribution in [-0.2, 0) is 0 Å². The van der Waals surface area contributed by atoms with Crippen molar-refractivity contribution in [2.75, 3.05) is 0 Å². The lowest BCUT2D eigenvalue weighted by atomic mass is 9.96. The van der Waals surface area contributed by atoms with Gasteiger partial charge in [0.25, 0.3) is 0 Å². The van der Waals surface area contributed by atoms with Gasteiger partial charge in [0.2, 0.25) is 0 Å². The van der Waals surface area contributed by atoms with Crippen LogP contribution in [0.2, 0.25) is 0 Å². The van der Waals surface area contributed by atoms with Gasteiger partial charge < -0.3 is 0 Å². The van der Waals surface area contributed by atoms with Crippen molar-refractivity contribution < 1.29 is 0 Å². The number of hydrogen-bond acceptors (Lipinski definition) is 3. The highest BCUT2D eigenvalue weighted by atomic mass is 32.1. The summed E-state index contributed by atoms with van der Waals surface area (Å²) in [4.78, 5) is 0. The van der Waals surface area contributed by atoms with E-state index in [1.165, 1.54) is 25.6 Å². The lowest BCUT2D eigenvalue weighted by Gasteiger charge is -2.12. The van der Waals surface area contributed by atoms with Gasteiger partial charge in [-0.25, -0.2) is 4.68 Å². The van der Waals surface area contributed by atoms with E-state index in [1.54, 1.807) is 11.3 Å². The van der Waals surface area contributed by atoms with Crippen molar-refractivity contribution in [2.24, 2.45) is 5.10 Å². The summed E-state index contributed by atoms with van der Waals surface area (Å²) in [5.41, 5.74) is 7.05. The van der Waals surface area contributed by atoms with Crippen LogP contribution < -0.4 is 0 Å². The third-order valence-electron chi connectivity index (χ3n) is 7.90. The molecule has 42 heavy (non-hydrogen) atoms. The van der Waals surface area contributed by atoms with Crippen LogP contribution in [0.3, 0.4) is 0 Å². The maximum Gasteiger partial charge on any atom is 0.117 e. The molecule has 0 spiro atoms. The molecule has 0 unspecified atom stereocenters. The highest BCUT2D eigenvalue weighted by Gasteiger charge is 2.19. The van der Waals surface area contributed by atoms with E-state index in [0.717, 1.165) is 38.7 Å². The molecule has 198 valence electrons. The Balaban J connectivity index is 1.41. The Bertz CT molecular complexity index is 2310. The normalized spacial score (nSPS) is 12.0. The van der Waals surface area contributed by atoms with Gasteiger partial charge in [-0.15, -0.1) is 11.3 Å². The fourth-order valence-corrected chi connectivity index (χ4v) is 7.12. The average molecular weight is 556 g/mol. The third-order valence-corrected chi connectivity index (χ3v) is 9.09. The van der Waals surface area contributed by atoms with Crippen molar-refractivity contribution >= 4 is 64.7 Å². The molecule has 0 radical (unpaired) electrons. The van der Waals surface area contributed by atoms with Crippen LogP contribution in [-0.4, -0.2) is 16.1 Å². The minimum Gasteiger partial charge on any atom is -0.298 e. The smallest absolute Gasteiger partial charge is 0.117 e. The van der Waals surface area contributed by atoms with E-state index >= 15 is 0 Å². The fourth-order valence-electron chi connectivity index (χ4n) is 5.88. The number of rotatable bonds is 5. The molecule has 0 amide bonds. The van der Waals surface area contributed by atoms with E-state index in [-0.39, 0.29) is 0 Å². The second kappa shape index (κ2) is 9.95. The van der Waals surface area contributed by atoms with Crippen LogP contribution in [0.5, 0.6) is 0 Å². The zero-order valence-corrected chi connectivity index (χ0v) is 23.5. The third kappa shape index (κ3) is 3.96.